The third-order valence-electron chi connectivity index (χ3n) is 6.99. The Labute approximate surface area is 198 Å². The van der Waals surface area contributed by atoms with Gasteiger partial charge in [0.05, 0.1) is 23.5 Å². The number of hydrogen-bond donors (Lipinski definition) is 0. The molecule has 0 aromatic carbocycles. The molecule has 0 N–H and O–H groups in total. The van der Waals surface area contributed by atoms with Gasteiger partial charge in [-0.2, -0.15) is 0 Å². The first-order chi connectivity index (χ1) is 14.9. The average molecular weight is 473 g/mol. The van der Waals surface area contributed by atoms with Crippen LogP contribution >= 0.6 is 23.4 Å². The topological polar surface area (TPSA) is 52.6 Å². The Morgan fingerprint density at radius 3 is 2.35 bits per heavy atom. The number of halogens is 1. The van der Waals surface area contributed by atoms with E-state index in [1.807, 2.05) is 20.8 Å². The van der Waals surface area contributed by atoms with Crippen molar-refractivity contribution in [2.24, 2.45) is 23.7 Å². The number of ether oxygens (including phenoxy) is 2. The maximum atomic E-state index is 13.7. The molecule has 0 aliphatic heterocycles. The lowest BCUT2D eigenvalue weighted by molar-refractivity contribution is -0.136. The van der Waals surface area contributed by atoms with Crippen LogP contribution in [-0.4, -0.2) is 49.1 Å². The summed E-state index contributed by atoms with van der Waals surface area (Å²) in [7, 11) is 3.32. The largest absolute Gasteiger partial charge is 0.381 e. The summed E-state index contributed by atoms with van der Waals surface area (Å²) in [6.07, 6.45) is 9.59. The molecule has 0 saturated heterocycles. The fourth-order valence-electron chi connectivity index (χ4n) is 5.26. The van der Waals surface area contributed by atoms with Crippen molar-refractivity contribution >= 4 is 34.9 Å². The lowest BCUT2D eigenvalue weighted by Gasteiger charge is -2.40. The highest BCUT2D eigenvalue weighted by Gasteiger charge is 2.45. The van der Waals surface area contributed by atoms with Crippen LogP contribution in [-0.2, 0) is 19.1 Å². The Kier molecular flexibility index (Phi) is 11.6. The van der Waals surface area contributed by atoms with Gasteiger partial charge in [0.15, 0.2) is 5.78 Å². The number of rotatable bonds is 7. The Hall–Kier alpha value is -0.360. The van der Waals surface area contributed by atoms with Gasteiger partial charge in [0, 0.05) is 38.7 Å². The van der Waals surface area contributed by atoms with Gasteiger partial charge in [-0.15, -0.1) is 23.4 Å². The van der Waals surface area contributed by atoms with Gasteiger partial charge in [0.2, 0.25) is 0 Å². The minimum Gasteiger partial charge on any atom is -0.381 e. The molecule has 0 bridgehead atoms. The zero-order valence-electron chi connectivity index (χ0n) is 19.9. The quantitative estimate of drug-likeness (QED) is 0.422. The van der Waals surface area contributed by atoms with Crippen molar-refractivity contribution in [1.82, 2.24) is 0 Å². The maximum Gasteiger partial charge on any atom is 0.156 e. The number of Topliss-reactive ketones (excluding diaryl/α,β-unsaturated/α-hetero) is 1. The van der Waals surface area contributed by atoms with Crippen LogP contribution in [0.5, 0.6) is 0 Å². The minimum absolute atomic E-state index is 0.0280. The van der Waals surface area contributed by atoms with E-state index in [-0.39, 0.29) is 46.9 Å². The molecule has 178 valence electrons. The maximum absolute atomic E-state index is 13.7. The summed E-state index contributed by atoms with van der Waals surface area (Å²) < 4.78 is 11.2. The second kappa shape index (κ2) is 13.4. The Balaban J connectivity index is 0.00000166. The third kappa shape index (κ3) is 7.06. The first kappa shape index (κ1) is 26.9. The van der Waals surface area contributed by atoms with E-state index in [0.717, 1.165) is 10.7 Å². The smallest absolute Gasteiger partial charge is 0.156 e. The summed E-state index contributed by atoms with van der Waals surface area (Å²) >= 11 is 8.28. The SMILES string of the molecule is CC.COC1CC(OC)C(C(=O)C2C(SCC3CCCCC3)=CC(=O)CC2C)CC1Cl. The molecule has 3 aliphatic rings. The third-order valence-corrected chi connectivity index (χ3v) is 8.79. The molecular formula is C25H41ClO4S. The lowest BCUT2D eigenvalue weighted by atomic mass is 9.72. The van der Waals surface area contributed by atoms with Crippen LogP contribution < -0.4 is 0 Å². The molecule has 4 nitrogen and oxygen atoms in total. The van der Waals surface area contributed by atoms with E-state index >= 15 is 0 Å². The summed E-state index contributed by atoms with van der Waals surface area (Å²) in [6, 6.07) is 0. The van der Waals surface area contributed by atoms with Gasteiger partial charge in [-0.25, -0.2) is 0 Å². The molecule has 6 atom stereocenters. The summed E-state index contributed by atoms with van der Waals surface area (Å²) in [5, 5.41) is -0.191. The molecule has 3 aliphatic carbocycles. The van der Waals surface area contributed by atoms with Gasteiger partial charge in [-0.1, -0.05) is 40.0 Å². The molecule has 0 radical (unpaired) electrons. The van der Waals surface area contributed by atoms with Gasteiger partial charge in [-0.3, -0.25) is 9.59 Å². The fourth-order valence-corrected chi connectivity index (χ4v) is 7.17. The highest BCUT2D eigenvalue weighted by atomic mass is 35.5. The molecule has 0 aromatic rings. The molecule has 6 heteroatoms. The predicted molar refractivity (Wildman–Crippen MR) is 130 cm³/mol. The molecule has 2 saturated carbocycles. The Morgan fingerprint density at radius 2 is 1.74 bits per heavy atom. The first-order valence-electron chi connectivity index (χ1n) is 12.0. The second-order valence-corrected chi connectivity index (χ2v) is 10.7. The van der Waals surface area contributed by atoms with Crippen molar-refractivity contribution < 1.29 is 19.1 Å². The van der Waals surface area contributed by atoms with Gasteiger partial charge >= 0.3 is 0 Å². The molecule has 0 amide bonds. The number of alkyl halides is 1. The standard InChI is InChI=1S/C23H35ClO4S.C2H6/c1-14-9-16(25)10-21(29-13-15-7-5-4-6-8-15)22(14)23(26)17-11-18(24)20(28-3)12-19(17)27-2;1-2/h10,14-15,17-20,22H,4-9,11-13H2,1-3H3;1-2H3. The van der Waals surface area contributed by atoms with Crippen LogP contribution in [0.3, 0.4) is 0 Å². The van der Waals surface area contributed by atoms with Crippen molar-refractivity contribution in [1.29, 1.82) is 0 Å². The molecular weight excluding hydrogens is 432 g/mol. The van der Waals surface area contributed by atoms with Crippen molar-refractivity contribution in [3.8, 4) is 0 Å². The van der Waals surface area contributed by atoms with Crippen molar-refractivity contribution in [2.75, 3.05) is 20.0 Å². The van der Waals surface area contributed by atoms with E-state index in [4.69, 9.17) is 21.1 Å². The predicted octanol–water partition coefficient (Wildman–Crippen LogP) is 6.05. The van der Waals surface area contributed by atoms with Crippen molar-refractivity contribution in [2.45, 2.75) is 89.7 Å². The second-order valence-electron chi connectivity index (χ2n) is 9.03. The number of allylic oxidation sites excluding steroid dienone is 2. The van der Waals surface area contributed by atoms with Crippen LogP contribution in [0.1, 0.15) is 72.1 Å². The van der Waals surface area contributed by atoms with Gasteiger partial charge in [-0.05, 0) is 42.1 Å². The van der Waals surface area contributed by atoms with E-state index in [2.05, 4.69) is 0 Å². The molecule has 6 unspecified atom stereocenters. The monoisotopic (exact) mass is 472 g/mol. The molecule has 2 fully saturated rings. The van der Waals surface area contributed by atoms with Gasteiger partial charge < -0.3 is 9.47 Å². The van der Waals surface area contributed by atoms with Crippen LogP contribution in [0.25, 0.3) is 0 Å². The van der Waals surface area contributed by atoms with Crippen LogP contribution in [0.15, 0.2) is 11.0 Å². The molecule has 0 spiro atoms. The van der Waals surface area contributed by atoms with Crippen LogP contribution in [0, 0.1) is 23.7 Å². The Bertz CT molecular complexity index is 617. The first-order valence-corrected chi connectivity index (χ1v) is 13.5. The summed E-state index contributed by atoms with van der Waals surface area (Å²) in [5.41, 5.74) is 0. The van der Waals surface area contributed by atoms with Crippen LogP contribution in [0.4, 0.5) is 0 Å². The van der Waals surface area contributed by atoms with E-state index in [1.54, 1.807) is 32.1 Å². The molecule has 0 heterocycles. The zero-order valence-corrected chi connectivity index (χ0v) is 21.5. The van der Waals surface area contributed by atoms with E-state index in [9.17, 15) is 9.59 Å². The normalized spacial score (nSPS) is 34.5. The van der Waals surface area contributed by atoms with Crippen molar-refractivity contribution in [3.63, 3.8) is 0 Å². The lowest BCUT2D eigenvalue weighted by Crippen LogP contribution is -2.47. The van der Waals surface area contributed by atoms with Crippen molar-refractivity contribution in [3.05, 3.63) is 11.0 Å². The highest BCUT2D eigenvalue weighted by molar-refractivity contribution is 8.03. The van der Waals surface area contributed by atoms with E-state index in [1.165, 1.54) is 32.1 Å². The molecule has 3 rings (SSSR count). The number of carbonyl (C=O) groups excluding carboxylic acids is 2. The molecule has 0 aromatic heterocycles. The number of methoxy groups -OCH3 is 2. The van der Waals surface area contributed by atoms with Crippen LogP contribution in [0.2, 0.25) is 0 Å². The number of ketones is 2. The Morgan fingerprint density at radius 1 is 1.10 bits per heavy atom. The summed E-state index contributed by atoms with van der Waals surface area (Å²) in [5.74, 6) is 1.63. The number of carbonyl (C=O) groups is 2. The van der Waals surface area contributed by atoms with Gasteiger partial charge in [0.25, 0.3) is 0 Å². The average Bonchev–Trinajstić information content (AvgIpc) is 2.78. The number of hydrogen-bond acceptors (Lipinski definition) is 5. The summed E-state index contributed by atoms with van der Waals surface area (Å²) in [4.78, 5) is 26.9. The van der Waals surface area contributed by atoms with Gasteiger partial charge in [0.1, 0.15) is 5.78 Å². The minimum atomic E-state index is -0.242. The zero-order chi connectivity index (χ0) is 23.0. The molecule has 31 heavy (non-hydrogen) atoms. The van der Waals surface area contributed by atoms with E-state index < -0.39 is 0 Å². The van der Waals surface area contributed by atoms with E-state index in [0.29, 0.717) is 25.2 Å². The highest BCUT2D eigenvalue weighted by Crippen LogP contribution is 2.43. The number of thioether (sulfide) groups is 1. The summed E-state index contributed by atoms with van der Waals surface area (Å²) in [6.45, 7) is 6.04. The fraction of sp³-hybridized carbons (Fsp3) is 0.840.